The molecular formula is C11H19N3OS. The summed E-state index contributed by atoms with van der Waals surface area (Å²) in [6.07, 6.45) is 2.34. The summed E-state index contributed by atoms with van der Waals surface area (Å²) in [6.45, 7) is 6.42. The van der Waals surface area contributed by atoms with E-state index in [0.717, 1.165) is 18.1 Å². The van der Waals surface area contributed by atoms with Crippen molar-refractivity contribution < 1.29 is 4.79 Å². The number of aromatic nitrogens is 1. The lowest BCUT2D eigenvalue weighted by atomic mass is 10.2. The number of carbonyl (C=O) groups excluding carboxylic acids is 1. The molecule has 0 saturated heterocycles. The summed E-state index contributed by atoms with van der Waals surface area (Å²) in [4.78, 5) is 15.6. The second kappa shape index (κ2) is 7.35. The van der Waals surface area contributed by atoms with Gasteiger partial charge in [-0.1, -0.05) is 13.8 Å². The molecule has 0 spiro atoms. The Bertz CT molecular complexity index is 300. The maximum atomic E-state index is 11.4. The first-order valence-corrected chi connectivity index (χ1v) is 6.48. The summed E-state index contributed by atoms with van der Waals surface area (Å²) in [7, 11) is 0. The van der Waals surface area contributed by atoms with Gasteiger partial charge in [-0.15, -0.1) is 11.3 Å². The molecule has 0 aliphatic carbocycles. The molecule has 1 rings (SSSR count). The number of rotatable bonds is 7. The highest BCUT2D eigenvalue weighted by atomic mass is 32.1. The number of amides is 1. The van der Waals surface area contributed by atoms with Gasteiger partial charge in [0.05, 0.1) is 5.01 Å². The molecule has 0 aliphatic heterocycles. The van der Waals surface area contributed by atoms with Gasteiger partial charge in [-0.2, -0.15) is 0 Å². The highest BCUT2D eigenvalue weighted by molar-refractivity contribution is 7.09. The fourth-order valence-electron chi connectivity index (χ4n) is 1.30. The van der Waals surface area contributed by atoms with Crippen LogP contribution in [0.1, 0.15) is 31.2 Å². The largest absolute Gasteiger partial charge is 0.355 e. The van der Waals surface area contributed by atoms with Crippen LogP contribution in [0.2, 0.25) is 0 Å². The van der Waals surface area contributed by atoms with Gasteiger partial charge in [0.25, 0.3) is 0 Å². The van der Waals surface area contributed by atoms with Crippen molar-refractivity contribution in [2.75, 3.05) is 19.6 Å². The molecule has 0 aliphatic rings. The topological polar surface area (TPSA) is 54.0 Å². The molecule has 1 unspecified atom stereocenters. The first-order valence-electron chi connectivity index (χ1n) is 5.60. The van der Waals surface area contributed by atoms with E-state index in [1.54, 1.807) is 17.5 Å². The van der Waals surface area contributed by atoms with Gasteiger partial charge in [0.2, 0.25) is 5.91 Å². The number of nitrogens with one attached hydrogen (secondary N) is 2. The van der Waals surface area contributed by atoms with Crippen LogP contribution in [-0.2, 0) is 4.79 Å². The molecule has 4 nitrogen and oxygen atoms in total. The zero-order chi connectivity index (χ0) is 11.8. The summed E-state index contributed by atoms with van der Waals surface area (Å²) in [6, 6.07) is 0. The summed E-state index contributed by atoms with van der Waals surface area (Å²) >= 11 is 1.63. The van der Waals surface area contributed by atoms with Crippen LogP contribution in [0.15, 0.2) is 11.6 Å². The predicted octanol–water partition coefficient (Wildman–Crippen LogP) is 1.36. The highest BCUT2D eigenvalue weighted by Crippen LogP contribution is 2.16. The molecule has 1 aromatic heterocycles. The molecule has 0 saturated carbocycles. The molecule has 0 bridgehead atoms. The molecule has 16 heavy (non-hydrogen) atoms. The Balaban J connectivity index is 2.16. The Morgan fingerprint density at radius 1 is 1.62 bits per heavy atom. The van der Waals surface area contributed by atoms with Crippen LogP contribution >= 0.6 is 11.3 Å². The molecular weight excluding hydrogens is 222 g/mol. The smallest absolute Gasteiger partial charge is 0.221 e. The van der Waals surface area contributed by atoms with E-state index in [4.69, 9.17) is 0 Å². The maximum absolute atomic E-state index is 11.4. The monoisotopic (exact) mass is 241 g/mol. The molecule has 1 aromatic rings. The molecule has 90 valence electrons. The van der Waals surface area contributed by atoms with Gasteiger partial charge < -0.3 is 10.6 Å². The van der Waals surface area contributed by atoms with Gasteiger partial charge in [0.15, 0.2) is 0 Å². The SMILES string of the molecule is CCNCCC(=O)NCC(C)c1nccs1. The Labute approximate surface area is 100 Å². The van der Waals surface area contributed by atoms with Crippen LogP contribution in [0.25, 0.3) is 0 Å². The third kappa shape index (κ3) is 4.72. The van der Waals surface area contributed by atoms with Gasteiger partial charge in [0.1, 0.15) is 0 Å². The minimum absolute atomic E-state index is 0.101. The number of hydrogen-bond donors (Lipinski definition) is 2. The van der Waals surface area contributed by atoms with Gasteiger partial charge in [0, 0.05) is 37.0 Å². The van der Waals surface area contributed by atoms with Crippen molar-refractivity contribution in [3.8, 4) is 0 Å². The lowest BCUT2D eigenvalue weighted by Gasteiger charge is -2.10. The Morgan fingerprint density at radius 3 is 3.06 bits per heavy atom. The molecule has 2 N–H and O–H groups in total. The van der Waals surface area contributed by atoms with Crippen molar-refractivity contribution >= 4 is 17.2 Å². The first kappa shape index (κ1) is 13.1. The Morgan fingerprint density at radius 2 is 2.44 bits per heavy atom. The molecule has 0 radical (unpaired) electrons. The third-order valence-electron chi connectivity index (χ3n) is 2.26. The van der Waals surface area contributed by atoms with Crippen molar-refractivity contribution in [1.82, 2.24) is 15.6 Å². The fraction of sp³-hybridized carbons (Fsp3) is 0.636. The zero-order valence-corrected chi connectivity index (χ0v) is 10.6. The van der Waals surface area contributed by atoms with E-state index in [0.29, 0.717) is 18.9 Å². The van der Waals surface area contributed by atoms with Crippen LogP contribution in [-0.4, -0.2) is 30.5 Å². The molecule has 1 atom stereocenters. The number of thiazole rings is 1. The van der Waals surface area contributed by atoms with Crippen molar-refractivity contribution in [2.24, 2.45) is 0 Å². The van der Waals surface area contributed by atoms with E-state index in [1.165, 1.54) is 0 Å². The summed E-state index contributed by atoms with van der Waals surface area (Å²) in [5.74, 6) is 0.396. The standard InChI is InChI=1S/C11H19N3OS/c1-3-12-5-4-10(15)14-8-9(2)11-13-6-7-16-11/h6-7,9,12H,3-5,8H2,1-2H3,(H,14,15). The lowest BCUT2D eigenvalue weighted by molar-refractivity contribution is -0.121. The quantitative estimate of drug-likeness (QED) is 0.709. The van der Waals surface area contributed by atoms with Crippen molar-refractivity contribution in [1.29, 1.82) is 0 Å². The van der Waals surface area contributed by atoms with Gasteiger partial charge in [-0.25, -0.2) is 4.98 Å². The first-order chi connectivity index (χ1) is 7.74. The predicted molar refractivity (Wildman–Crippen MR) is 66.7 cm³/mol. The van der Waals surface area contributed by atoms with E-state index in [2.05, 4.69) is 22.5 Å². The summed E-state index contributed by atoms with van der Waals surface area (Å²) in [5, 5.41) is 9.07. The minimum Gasteiger partial charge on any atom is -0.355 e. The van der Waals surface area contributed by atoms with E-state index in [9.17, 15) is 4.79 Å². The second-order valence-corrected chi connectivity index (χ2v) is 4.61. The maximum Gasteiger partial charge on any atom is 0.221 e. The van der Waals surface area contributed by atoms with Crippen LogP contribution in [0.5, 0.6) is 0 Å². The molecule has 1 amide bonds. The minimum atomic E-state index is 0.101. The average Bonchev–Trinajstić information content (AvgIpc) is 2.79. The average molecular weight is 241 g/mol. The zero-order valence-electron chi connectivity index (χ0n) is 9.82. The van der Waals surface area contributed by atoms with Crippen LogP contribution in [0, 0.1) is 0 Å². The van der Waals surface area contributed by atoms with E-state index in [-0.39, 0.29) is 5.91 Å². The number of nitrogens with zero attached hydrogens (tertiary/aromatic N) is 1. The Kier molecular flexibility index (Phi) is 6.03. The fourth-order valence-corrected chi connectivity index (χ4v) is 2.00. The van der Waals surface area contributed by atoms with Crippen LogP contribution in [0.4, 0.5) is 0 Å². The van der Waals surface area contributed by atoms with E-state index in [1.807, 2.05) is 12.3 Å². The van der Waals surface area contributed by atoms with Crippen molar-refractivity contribution in [3.05, 3.63) is 16.6 Å². The van der Waals surface area contributed by atoms with Gasteiger partial charge in [-0.3, -0.25) is 4.79 Å². The molecule has 5 heteroatoms. The highest BCUT2D eigenvalue weighted by Gasteiger charge is 2.09. The third-order valence-corrected chi connectivity index (χ3v) is 3.26. The lowest BCUT2D eigenvalue weighted by Crippen LogP contribution is -2.30. The van der Waals surface area contributed by atoms with Gasteiger partial charge >= 0.3 is 0 Å². The van der Waals surface area contributed by atoms with Crippen LogP contribution in [0.3, 0.4) is 0 Å². The summed E-state index contributed by atoms with van der Waals surface area (Å²) < 4.78 is 0. The number of carbonyl (C=O) groups is 1. The molecule has 0 fully saturated rings. The van der Waals surface area contributed by atoms with Crippen molar-refractivity contribution in [2.45, 2.75) is 26.2 Å². The molecule has 0 aromatic carbocycles. The van der Waals surface area contributed by atoms with E-state index >= 15 is 0 Å². The van der Waals surface area contributed by atoms with Crippen LogP contribution < -0.4 is 10.6 Å². The Hall–Kier alpha value is -0.940. The normalized spacial score (nSPS) is 12.4. The van der Waals surface area contributed by atoms with Gasteiger partial charge in [-0.05, 0) is 6.54 Å². The number of hydrogen-bond acceptors (Lipinski definition) is 4. The second-order valence-electron chi connectivity index (χ2n) is 3.68. The summed E-state index contributed by atoms with van der Waals surface area (Å²) in [5.41, 5.74) is 0. The molecule has 1 heterocycles. The van der Waals surface area contributed by atoms with Crippen molar-refractivity contribution in [3.63, 3.8) is 0 Å². The van der Waals surface area contributed by atoms with E-state index < -0.39 is 0 Å².